The number of carbonyl (C=O) groups excluding carboxylic acids is 1. The molecule has 0 aliphatic carbocycles. The smallest absolute Gasteiger partial charge is 0.274 e. The Labute approximate surface area is 184 Å². The van der Waals surface area contributed by atoms with Crippen LogP contribution in [-0.2, 0) is 16.6 Å². The van der Waals surface area contributed by atoms with Crippen molar-refractivity contribution in [3.05, 3.63) is 99.1 Å². The predicted molar refractivity (Wildman–Crippen MR) is 118 cm³/mol. The molecule has 0 heterocycles. The van der Waals surface area contributed by atoms with Crippen LogP contribution >= 0.6 is 11.6 Å². The van der Waals surface area contributed by atoms with E-state index in [9.17, 15) is 23.3 Å². The number of amides is 1. The van der Waals surface area contributed by atoms with Gasteiger partial charge in [0.1, 0.15) is 0 Å². The molecule has 0 fully saturated rings. The fourth-order valence-electron chi connectivity index (χ4n) is 2.93. The molecule has 0 atom stereocenters. The summed E-state index contributed by atoms with van der Waals surface area (Å²) >= 11 is 5.81. The largest absolute Gasteiger partial charge is 0.337 e. The summed E-state index contributed by atoms with van der Waals surface area (Å²) in [5.41, 5.74) is 0.472. The van der Waals surface area contributed by atoms with Gasteiger partial charge in [-0.15, -0.1) is 0 Å². The van der Waals surface area contributed by atoms with Gasteiger partial charge in [-0.25, -0.2) is 8.42 Å². The van der Waals surface area contributed by atoms with E-state index in [0.717, 1.165) is 0 Å². The summed E-state index contributed by atoms with van der Waals surface area (Å²) in [5, 5.41) is 11.6. The van der Waals surface area contributed by atoms with Gasteiger partial charge in [0, 0.05) is 23.7 Å². The van der Waals surface area contributed by atoms with Gasteiger partial charge < -0.3 is 4.90 Å². The van der Waals surface area contributed by atoms with Crippen molar-refractivity contribution < 1.29 is 18.1 Å². The summed E-state index contributed by atoms with van der Waals surface area (Å²) in [6.07, 6.45) is 0. The number of benzene rings is 3. The van der Waals surface area contributed by atoms with Crippen LogP contribution in [0.15, 0.2) is 77.7 Å². The Morgan fingerprint density at radius 2 is 1.65 bits per heavy atom. The van der Waals surface area contributed by atoms with Crippen LogP contribution in [0.5, 0.6) is 0 Å². The number of rotatable bonds is 7. The number of nitrogens with one attached hydrogen (secondary N) is 1. The molecule has 31 heavy (non-hydrogen) atoms. The van der Waals surface area contributed by atoms with E-state index in [1.165, 1.54) is 54.4 Å². The molecule has 1 amide bonds. The average Bonchev–Trinajstić information content (AvgIpc) is 2.74. The Morgan fingerprint density at radius 1 is 1.03 bits per heavy atom. The van der Waals surface area contributed by atoms with E-state index in [2.05, 4.69) is 4.72 Å². The third-order valence-electron chi connectivity index (χ3n) is 4.47. The van der Waals surface area contributed by atoms with Crippen LogP contribution < -0.4 is 4.72 Å². The molecule has 8 nitrogen and oxygen atoms in total. The van der Waals surface area contributed by atoms with E-state index in [-0.39, 0.29) is 28.4 Å². The molecular weight excluding hydrogens is 442 g/mol. The lowest BCUT2D eigenvalue weighted by Crippen LogP contribution is -2.28. The summed E-state index contributed by atoms with van der Waals surface area (Å²) in [6, 6.07) is 17.9. The summed E-state index contributed by atoms with van der Waals surface area (Å²) in [6.45, 7) is -0.0196. The van der Waals surface area contributed by atoms with Crippen molar-refractivity contribution in [1.82, 2.24) is 4.90 Å². The number of nitro groups is 1. The highest BCUT2D eigenvalue weighted by atomic mass is 35.5. The Morgan fingerprint density at radius 3 is 2.32 bits per heavy atom. The lowest BCUT2D eigenvalue weighted by atomic mass is 10.1. The molecule has 160 valence electrons. The minimum absolute atomic E-state index is 0.00702. The molecular formula is C21H18ClN3O5S. The van der Waals surface area contributed by atoms with Crippen LogP contribution in [0.25, 0.3) is 0 Å². The lowest BCUT2D eigenvalue weighted by molar-refractivity contribution is -0.385. The molecule has 0 unspecified atom stereocenters. The van der Waals surface area contributed by atoms with Crippen LogP contribution in [0.3, 0.4) is 0 Å². The van der Waals surface area contributed by atoms with E-state index in [1.54, 1.807) is 30.3 Å². The molecule has 1 N–H and O–H groups in total. The first-order valence-electron chi connectivity index (χ1n) is 9.04. The van der Waals surface area contributed by atoms with Gasteiger partial charge in [0.05, 0.1) is 27.6 Å². The van der Waals surface area contributed by atoms with Crippen molar-refractivity contribution in [3.8, 4) is 0 Å². The quantitative estimate of drug-likeness (QED) is 0.418. The zero-order valence-corrected chi connectivity index (χ0v) is 17.9. The average molecular weight is 460 g/mol. The first-order valence-corrected chi connectivity index (χ1v) is 10.9. The fraction of sp³-hybridized carbons (Fsp3) is 0.0952. The monoisotopic (exact) mass is 459 g/mol. The minimum atomic E-state index is -3.96. The fourth-order valence-corrected chi connectivity index (χ4v) is 4.14. The molecule has 3 aromatic carbocycles. The van der Waals surface area contributed by atoms with Gasteiger partial charge in [-0.1, -0.05) is 41.9 Å². The topological polar surface area (TPSA) is 110 Å². The van der Waals surface area contributed by atoms with Crippen LogP contribution in [0.2, 0.25) is 5.02 Å². The molecule has 0 spiro atoms. The first-order chi connectivity index (χ1) is 14.7. The summed E-state index contributed by atoms with van der Waals surface area (Å²) < 4.78 is 27.9. The van der Waals surface area contributed by atoms with Gasteiger partial charge in [-0.2, -0.15) is 0 Å². The number of nitro benzene ring substituents is 1. The van der Waals surface area contributed by atoms with Crippen molar-refractivity contribution >= 4 is 38.9 Å². The summed E-state index contributed by atoms with van der Waals surface area (Å²) in [7, 11) is -2.47. The molecule has 10 heteroatoms. The van der Waals surface area contributed by atoms with Gasteiger partial charge in [0.25, 0.3) is 21.6 Å². The Hall–Kier alpha value is -3.43. The maximum atomic E-state index is 13.0. The second-order valence-corrected chi connectivity index (χ2v) is 8.77. The van der Waals surface area contributed by atoms with Crippen LogP contribution in [-0.4, -0.2) is 31.2 Å². The van der Waals surface area contributed by atoms with Crippen LogP contribution in [0.4, 0.5) is 11.4 Å². The number of para-hydroxylation sites is 2. The van der Waals surface area contributed by atoms with Crippen molar-refractivity contribution in [3.63, 3.8) is 0 Å². The number of carbonyl (C=O) groups is 1. The van der Waals surface area contributed by atoms with E-state index >= 15 is 0 Å². The molecule has 0 aliphatic heterocycles. The van der Waals surface area contributed by atoms with E-state index in [0.29, 0.717) is 10.6 Å². The van der Waals surface area contributed by atoms with Gasteiger partial charge in [0.15, 0.2) is 0 Å². The maximum absolute atomic E-state index is 13.0. The zero-order chi connectivity index (χ0) is 22.6. The maximum Gasteiger partial charge on any atom is 0.274 e. The number of sulfonamides is 1. The molecule has 0 aromatic heterocycles. The van der Waals surface area contributed by atoms with Gasteiger partial charge in [0.2, 0.25) is 0 Å². The number of halogens is 1. The van der Waals surface area contributed by atoms with E-state index in [4.69, 9.17) is 11.6 Å². The second-order valence-electron chi connectivity index (χ2n) is 6.65. The molecule has 0 radical (unpaired) electrons. The molecule has 0 bridgehead atoms. The molecule has 0 saturated heterocycles. The SMILES string of the molecule is CN(Cc1ccccc1[N+](=O)[O-])C(=O)c1ccccc1NS(=O)(=O)c1ccc(Cl)cc1. The van der Waals surface area contributed by atoms with Crippen molar-refractivity contribution in [2.45, 2.75) is 11.4 Å². The first kappa shape index (κ1) is 22.3. The van der Waals surface area contributed by atoms with Crippen molar-refractivity contribution in [2.75, 3.05) is 11.8 Å². The number of hydrogen-bond donors (Lipinski definition) is 1. The van der Waals surface area contributed by atoms with Gasteiger partial charge in [-0.05, 0) is 36.4 Å². The van der Waals surface area contributed by atoms with E-state index in [1.807, 2.05) is 0 Å². The molecule has 3 rings (SSSR count). The van der Waals surface area contributed by atoms with Crippen LogP contribution in [0.1, 0.15) is 15.9 Å². The highest BCUT2D eigenvalue weighted by molar-refractivity contribution is 7.92. The van der Waals surface area contributed by atoms with Crippen molar-refractivity contribution in [1.29, 1.82) is 0 Å². The van der Waals surface area contributed by atoms with Gasteiger partial charge >= 0.3 is 0 Å². The molecule has 3 aromatic rings. The Bertz CT molecular complexity index is 1230. The Balaban J connectivity index is 1.86. The highest BCUT2D eigenvalue weighted by Gasteiger charge is 2.22. The lowest BCUT2D eigenvalue weighted by Gasteiger charge is -2.19. The predicted octanol–water partition coefficient (Wildman–Crippen LogP) is 4.32. The number of nitrogens with zero attached hydrogens (tertiary/aromatic N) is 2. The van der Waals surface area contributed by atoms with Crippen LogP contribution in [0, 0.1) is 10.1 Å². The second kappa shape index (κ2) is 9.15. The number of anilines is 1. The standard InChI is InChI=1S/C21H18ClN3O5S/c1-24(14-15-6-2-5-9-20(15)25(27)28)21(26)18-7-3-4-8-19(18)23-31(29,30)17-12-10-16(22)11-13-17/h2-13,23H,14H2,1H3. The van der Waals surface area contributed by atoms with E-state index < -0.39 is 20.9 Å². The minimum Gasteiger partial charge on any atom is -0.337 e. The summed E-state index contributed by atoms with van der Waals surface area (Å²) in [4.78, 5) is 25.0. The number of hydrogen-bond acceptors (Lipinski definition) is 5. The van der Waals surface area contributed by atoms with Gasteiger partial charge in [-0.3, -0.25) is 19.6 Å². The molecule has 0 saturated carbocycles. The summed E-state index contributed by atoms with van der Waals surface area (Å²) in [5.74, 6) is -0.493. The van der Waals surface area contributed by atoms with Crippen molar-refractivity contribution in [2.24, 2.45) is 0 Å². The highest BCUT2D eigenvalue weighted by Crippen LogP contribution is 2.24. The molecule has 0 aliphatic rings. The normalized spacial score (nSPS) is 11.0. The Kier molecular flexibility index (Phi) is 6.57. The zero-order valence-electron chi connectivity index (χ0n) is 16.4. The third kappa shape index (κ3) is 5.19. The third-order valence-corrected chi connectivity index (χ3v) is 6.10.